The minimum absolute atomic E-state index is 0.892. The highest BCUT2D eigenvalue weighted by Crippen LogP contribution is 2.40. The third kappa shape index (κ3) is 3.42. The van der Waals surface area contributed by atoms with Crippen LogP contribution in [-0.4, -0.2) is 19.9 Å². The third-order valence-electron chi connectivity index (χ3n) is 8.31. The quantitative estimate of drug-likeness (QED) is 0.164. The van der Waals surface area contributed by atoms with Crippen LogP contribution in [0.2, 0.25) is 0 Å². The second kappa shape index (κ2) is 8.88. The number of benzene rings is 5. The zero-order valence-electron chi connectivity index (χ0n) is 22.5. The van der Waals surface area contributed by atoms with Crippen LogP contribution in [0.1, 0.15) is 0 Å². The Morgan fingerprint density at radius 1 is 0.357 bits per heavy atom. The largest absolute Gasteiger partial charge is 0.256 e. The molecule has 4 heteroatoms. The Morgan fingerprint density at radius 3 is 1.71 bits per heavy atom. The molecule has 4 nitrogen and oxygen atoms in total. The fraction of sp³-hybridized carbons (Fsp3) is 0. The van der Waals surface area contributed by atoms with Gasteiger partial charge in [-0.05, 0) is 35.0 Å². The molecule has 0 saturated heterocycles. The Kier molecular flexibility index (Phi) is 4.87. The molecule has 5 aromatic carbocycles. The molecular formula is C38H22N4. The van der Waals surface area contributed by atoms with Crippen LogP contribution >= 0.6 is 0 Å². The van der Waals surface area contributed by atoms with E-state index in [1.54, 1.807) is 0 Å². The lowest BCUT2D eigenvalue weighted by atomic mass is 9.94. The van der Waals surface area contributed by atoms with Crippen molar-refractivity contribution < 1.29 is 0 Å². The van der Waals surface area contributed by atoms with Gasteiger partial charge in [0.05, 0.1) is 33.5 Å². The summed E-state index contributed by atoms with van der Waals surface area (Å²) < 4.78 is 0. The smallest absolute Gasteiger partial charge is 0.0972 e. The Balaban J connectivity index is 1.34. The van der Waals surface area contributed by atoms with Gasteiger partial charge >= 0.3 is 0 Å². The summed E-state index contributed by atoms with van der Waals surface area (Å²) in [6.45, 7) is 0. The molecule has 194 valence electrons. The minimum Gasteiger partial charge on any atom is -0.256 e. The Morgan fingerprint density at radius 2 is 0.976 bits per heavy atom. The summed E-state index contributed by atoms with van der Waals surface area (Å²) in [6, 6.07) is 42.3. The first kappa shape index (κ1) is 23.0. The van der Waals surface area contributed by atoms with Crippen molar-refractivity contribution in [3.05, 3.63) is 134 Å². The lowest BCUT2D eigenvalue weighted by Gasteiger charge is -2.15. The van der Waals surface area contributed by atoms with Gasteiger partial charge in [0, 0.05) is 55.8 Å². The predicted octanol–water partition coefficient (Wildman–Crippen LogP) is 9.52. The minimum atomic E-state index is 0.892. The number of rotatable bonds is 2. The van der Waals surface area contributed by atoms with Crippen LogP contribution < -0.4 is 0 Å². The molecular weight excluding hydrogens is 512 g/mol. The van der Waals surface area contributed by atoms with Crippen molar-refractivity contribution in [2.75, 3.05) is 0 Å². The summed E-state index contributed by atoms with van der Waals surface area (Å²) in [7, 11) is 0. The summed E-state index contributed by atoms with van der Waals surface area (Å²) in [5.41, 5.74) is 7.67. The molecule has 4 heterocycles. The van der Waals surface area contributed by atoms with Crippen molar-refractivity contribution in [3.8, 4) is 22.5 Å². The van der Waals surface area contributed by atoms with Gasteiger partial charge < -0.3 is 0 Å². The molecule has 0 aliphatic carbocycles. The van der Waals surface area contributed by atoms with Gasteiger partial charge in [-0.1, -0.05) is 97.1 Å². The number of hydrogen-bond acceptors (Lipinski definition) is 4. The normalized spacial score (nSPS) is 11.8. The van der Waals surface area contributed by atoms with Crippen LogP contribution in [0.5, 0.6) is 0 Å². The van der Waals surface area contributed by atoms with Gasteiger partial charge in [0.15, 0.2) is 0 Å². The first-order chi connectivity index (χ1) is 20.8. The first-order valence-electron chi connectivity index (χ1n) is 14.1. The standard InChI is InChI=1S/C38H22N4/c1-3-9-28-23(6-1)13-16-30-34(31-17-14-24-7-2-4-10-29(24)38(31)42-37(28)30)33-22-27(19-21-39-33)32-18-15-26-12-11-25-8-5-20-40-35(25)36(26)41-32/h1-22H. The molecule has 0 spiro atoms. The number of nitrogens with zero attached hydrogens (tertiary/aromatic N) is 4. The zero-order chi connectivity index (χ0) is 27.6. The lowest BCUT2D eigenvalue weighted by Crippen LogP contribution is -1.94. The molecule has 0 aliphatic heterocycles. The van der Waals surface area contributed by atoms with Gasteiger partial charge in [-0.3, -0.25) is 9.97 Å². The highest BCUT2D eigenvalue weighted by molar-refractivity contribution is 6.20. The first-order valence-corrected chi connectivity index (χ1v) is 14.1. The molecule has 0 amide bonds. The number of hydrogen-bond donors (Lipinski definition) is 0. The van der Waals surface area contributed by atoms with Crippen LogP contribution in [0.25, 0.3) is 87.7 Å². The molecule has 0 saturated carbocycles. The monoisotopic (exact) mass is 534 g/mol. The zero-order valence-corrected chi connectivity index (χ0v) is 22.5. The Bertz CT molecular complexity index is 2440. The van der Waals surface area contributed by atoms with Crippen molar-refractivity contribution in [2.24, 2.45) is 0 Å². The average Bonchev–Trinajstić information content (AvgIpc) is 3.07. The maximum Gasteiger partial charge on any atom is 0.0972 e. The van der Waals surface area contributed by atoms with E-state index in [0.717, 1.165) is 76.9 Å². The number of aromatic nitrogens is 4. The third-order valence-corrected chi connectivity index (χ3v) is 8.31. The Labute approximate surface area is 241 Å². The van der Waals surface area contributed by atoms with E-state index < -0.39 is 0 Å². The van der Waals surface area contributed by atoms with Crippen molar-refractivity contribution >= 4 is 65.2 Å². The second-order valence-electron chi connectivity index (χ2n) is 10.7. The van der Waals surface area contributed by atoms with Gasteiger partial charge in [0.1, 0.15) is 0 Å². The van der Waals surface area contributed by atoms with Crippen LogP contribution in [0.4, 0.5) is 0 Å². The van der Waals surface area contributed by atoms with Gasteiger partial charge in [0.25, 0.3) is 0 Å². The maximum atomic E-state index is 5.32. The molecule has 0 unspecified atom stereocenters. The number of fused-ring (bicyclic) bond motifs is 9. The van der Waals surface area contributed by atoms with E-state index in [-0.39, 0.29) is 0 Å². The van der Waals surface area contributed by atoms with E-state index in [1.807, 2.05) is 24.5 Å². The molecule has 0 fully saturated rings. The van der Waals surface area contributed by atoms with Crippen molar-refractivity contribution in [1.82, 2.24) is 19.9 Å². The molecule has 0 N–H and O–H groups in total. The van der Waals surface area contributed by atoms with Gasteiger partial charge in [-0.25, -0.2) is 9.97 Å². The molecule has 0 atom stereocenters. The molecule has 4 aromatic heterocycles. The summed E-state index contributed by atoms with van der Waals surface area (Å²) in [4.78, 5) is 20.0. The van der Waals surface area contributed by atoms with E-state index >= 15 is 0 Å². The summed E-state index contributed by atoms with van der Waals surface area (Å²) in [6.07, 6.45) is 3.71. The molecule has 9 rings (SSSR count). The summed E-state index contributed by atoms with van der Waals surface area (Å²) in [5, 5.41) is 8.95. The van der Waals surface area contributed by atoms with E-state index in [1.165, 1.54) is 10.8 Å². The molecule has 0 aliphatic rings. The van der Waals surface area contributed by atoms with Crippen LogP contribution in [-0.2, 0) is 0 Å². The summed E-state index contributed by atoms with van der Waals surface area (Å²) >= 11 is 0. The SMILES string of the molecule is c1ccc2c(c1)ccc1c(-c3cc(-c4ccc5ccc6cccnc6c5n4)ccn3)c3ccc4ccccc4c3nc12. The maximum absolute atomic E-state index is 5.32. The molecule has 42 heavy (non-hydrogen) atoms. The molecule has 0 radical (unpaired) electrons. The molecule has 0 bridgehead atoms. The van der Waals surface area contributed by atoms with Gasteiger partial charge in [-0.2, -0.15) is 0 Å². The fourth-order valence-corrected chi connectivity index (χ4v) is 6.30. The second-order valence-corrected chi connectivity index (χ2v) is 10.7. The van der Waals surface area contributed by atoms with Gasteiger partial charge in [0.2, 0.25) is 0 Å². The van der Waals surface area contributed by atoms with Gasteiger partial charge in [-0.15, -0.1) is 0 Å². The van der Waals surface area contributed by atoms with Crippen molar-refractivity contribution in [3.63, 3.8) is 0 Å². The van der Waals surface area contributed by atoms with Crippen LogP contribution in [0, 0.1) is 0 Å². The lowest BCUT2D eigenvalue weighted by molar-refractivity contribution is 1.31. The predicted molar refractivity (Wildman–Crippen MR) is 174 cm³/mol. The van der Waals surface area contributed by atoms with E-state index in [9.17, 15) is 0 Å². The number of pyridine rings is 4. The summed E-state index contributed by atoms with van der Waals surface area (Å²) in [5.74, 6) is 0. The van der Waals surface area contributed by atoms with Crippen molar-refractivity contribution in [1.29, 1.82) is 0 Å². The topological polar surface area (TPSA) is 51.6 Å². The van der Waals surface area contributed by atoms with Crippen molar-refractivity contribution in [2.45, 2.75) is 0 Å². The highest BCUT2D eigenvalue weighted by atomic mass is 14.8. The van der Waals surface area contributed by atoms with E-state index in [4.69, 9.17) is 15.0 Å². The average molecular weight is 535 g/mol. The highest BCUT2D eigenvalue weighted by Gasteiger charge is 2.17. The fourth-order valence-electron chi connectivity index (χ4n) is 6.30. The van der Waals surface area contributed by atoms with Crippen LogP contribution in [0.15, 0.2) is 134 Å². The van der Waals surface area contributed by atoms with E-state index in [0.29, 0.717) is 0 Å². The van der Waals surface area contributed by atoms with E-state index in [2.05, 4.69) is 114 Å². The molecule has 9 aromatic rings. The van der Waals surface area contributed by atoms with Crippen LogP contribution in [0.3, 0.4) is 0 Å². The Hall–Kier alpha value is -5.74.